The average Bonchev–Trinajstić information content (AvgIpc) is 2.70. The van der Waals surface area contributed by atoms with Gasteiger partial charge in [-0.15, -0.1) is 0 Å². The van der Waals surface area contributed by atoms with E-state index in [-0.39, 0.29) is 17.1 Å². The molecule has 142 valence electrons. The molecular formula is C20H15BrFN3O3. The minimum absolute atomic E-state index is 0.232. The van der Waals surface area contributed by atoms with Crippen LogP contribution in [0.3, 0.4) is 0 Å². The average molecular weight is 444 g/mol. The van der Waals surface area contributed by atoms with Crippen LogP contribution >= 0.6 is 15.9 Å². The van der Waals surface area contributed by atoms with Gasteiger partial charge in [-0.1, -0.05) is 12.1 Å². The minimum atomic E-state index is -0.436. The third-order valence-corrected chi connectivity index (χ3v) is 4.72. The molecule has 2 N–H and O–H groups in total. The molecule has 0 unspecified atom stereocenters. The molecule has 8 heteroatoms. The third kappa shape index (κ3) is 3.77. The topological polar surface area (TPSA) is 72.5 Å². The molecule has 2 aromatic carbocycles. The molecule has 0 spiro atoms. The summed E-state index contributed by atoms with van der Waals surface area (Å²) in [5.74, 6) is 0.581. The number of ether oxygens (including phenoxy) is 2. The first-order valence-electron chi connectivity index (χ1n) is 8.49. The van der Waals surface area contributed by atoms with Crippen LogP contribution in [0.4, 0.5) is 21.6 Å². The highest BCUT2D eigenvalue weighted by Gasteiger charge is 2.19. The van der Waals surface area contributed by atoms with Crippen LogP contribution in [0, 0.1) is 5.82 Å². The quantitative estimate of drug-likeness (QED) is 0.608. The number of carbonyl (C=O) groups excluding carboxylic acids is 1. The maximum Gasteiger partial charge on any atom is 0.259 e. The van der Waals surface area contributed by atoms with Gasteiger partial charge in [-0.25, -0.2) is 9.37 Å². The van der Waals surface area contributed by atoms with E-state index in [4.69, 9.17) is 9.47 Å². The van der Waals surface area contributed by atoms with E-state index >= 15 is 0 Å². The predicted octanol–water partition coefficient (Wildman–Crippen LogP) is 4.75. The van der Waals surface area contributed by atoms with E-state index in [1.54, 1.807) is 42.5 Å². The molecule has 4 rings (SSSR count). The number of benzene rings is 2. The second kappa shape index (κ2) is 7.85. The zero-order valence-electron chi connectivity index (χ0n) is 14.5. The van der Waals surface area contributed by atoms with Crippen molar-refractivity contribution < 1.29 is 18.7 Å². The van der Waals surface area contributed by atoms with Crippen molar-refractivity contribution in [2.75, 3.05) is 23.8 Å². The van der Waals surface area contributed by atoms with E-state index in [9.17, 15) is 9.18 Å². The van der Waals surface area contributed by atoms with Gasteiger partial charge in [0.25, 0.3) is 5.91 Å². The molecule has 0 saturated heterocycles. The number of nitrogens with one attached hydrogen (secondary N) is 2. The van der Waals surface area contributed by atoms with Gasteiger partial charge in [-0.3, -0.25) is 4.79 Å². The van der Waals surface area contributed by atoms with Gasteiger partial charge in [-0.2, -0.15) is 0 Å². The number of nitrogens with zero attached hydrogens (tertiary/aromatic N) is 1. The Labute approximate surface area is 168 Å². The van der Waals surface area contributed by atoms with Gasteiger partial charge in [0.05, 0.1) is 16.9 Å². The first-order chi connectivity index (χ1) is 13.6. The maximum absolute atomic E-state index is 13.9. The summed E-state index contributed by atoms with van der Waals surface area (Å²) in [5.41, 5.74) is 1.03. The van der Waals surface area contributed by atoms with Crippen molar-refractivity contribution in [2.24, 2.45) is 0 Å². The number of anilines is 3. The van der Waals surface area contributed by atoms with Gasteiger partial charge < -0.3 is 20.1 Å². The van der Waals surface area contributed by atoms with Crippen LogP contribution in [0.2, 0.25) is 0 Å². The minimum Gasteiger partial charge on any atom is -0.486 e. The molecule has 1 aromatic heterocycles. The molecule has 6 nitrogen and oxygen atoms in total. The van der Waals surface area contributed by atoms with E-state index < -0.39 is 11.7 Å². The van der Waals surface area contributed by atoms with Crippen molar-refractivity contribution >= 4 is 39.0 Å². The molecule has 2 heterocycles. The first-order valence-corrected chi connectivity index (χ1v) is 9.28. The summed E-state index contributed by atoms with van der Waals surface area (Å²) in [4.78, 5) is 17.0. The second-order valence-electron chi connectivity index (χ2n) is 5.93. The monoisotopic (exact) mass is 443 g/mol. The van der Waals surface area contributed by atoms with Crippen LogP contribution < -0.4 is 20.1 Å². The fourth-order valence-corrected chi connectivity index (χ4v) is 3.15. The normalized spacial score (nSPS) is 12.4. The van der Waals surface area contributed by atoms with E-state index in [2.05, 4.69) is 31.5 Å². The number of amides is 1. The summed E-state index contributed by atoms with van der Waals surface area (Å²) in [7, 11) is 0. The first kappa shape index (κ1) is 18.2. The van der Waals surface area contributed by atoms with Crippen LogP contribution in [-0.4, -0.2) is 24.1 Å². The molecule has 0 fully saturated rings. The summed E-state index contributed by atoms with van der Waals surface area (Å²) >= 11 is 3.43. The lowest BCUT2D eigenvalue weighted by Crippen LogP contribution is -2.17. The molecular weight excluding hydrogens is 429 g/mol. The van der Waals surface area contributed by atoms with Crippen molar-refractivity contribution in [1.82, 2.24) is 4.98 Å². The molecule has 0 aliphatic carbocycles. The molecule has 0 saturated carbocycles. The van der Waals surface area contributed by atoms with Crippen LogP contribution in [-0.2, 0) is 0 Å². The smallest absolute Gasteiger partial charge is 0.259 e. The van der Waals surface area contributed by atoms with Gasteiger partial charge >= 0.3 is 0 Å². The Morgan fingerprint density at radius 1 is 1.04 bits per heavy atom. The Hall–Kier alpha value is -3.13. The number of hydrogen-bond donors (Lipinski definition) is 2. The highest BCUT2D eigenvalue weighted by atomic mass is 79.9. The molecule has 1 amide bonds. The second-order valence-corrected chi connectivity index (χ2v) is 6.79. The van der Waals surface area contributed by atoms with E-state index in [0.717, 1.165) is 0 Å². The summed E-state index contributed by atoms with van der Waals surface area (Å²) in [6.45, 7) is 0.924. The Balaban J connectivity index is 1.60. The van der Waals surface area contributed by atoms with Crippen LogP contribution in [0.5, 0.6) is 11.5 Å². The van der Waals surface area contributed by atoms with Gasteiger partial charge in [0, 0.05) is 22.8 Å². The van der Waals surface area contributed by atoms with Crippen LogP contribution in [0.15, 0.2) is 59.2 Å². The van der Waals surface area contributed by atoms with Gasteiger partial charge in [0.2, 0.25) is 0 Å². The fraction of sp³-hybridized carbons (Fsp3) is 0.100. The lowest BCUT2D eigenvalue weighted by Gasteiger charge is -2.20. The van der Waals surface area contributed by atoms with E-state index in [1.807, 2.05) is 0 Å². The van der Waals surface area contributed by atoms with Crippen molar-refractivity contribution in [1.29, 1.82) is 0 Å². The maximum atomic E-state index is 13.9. The number of para-hydroxylation sites is 1. The highest BCUT2D eigenvalue weighted by molar-refractivity contribution is 9.10. The summed E-state index contributed by atoms with van der Waals surface area (Å²) in [6, 6.07) is 12.9. The number of halogens is 2. The summed E-state index contributed by atoms with van der Waals surface area (Å²) in [6.07, 6.45) is 1.53. The number of aromatic nitrogens is 1. The molecule has 0 radical (unpaired) electrons. The predicted molar refractivity (Wildman–Crippen MR) is 107 cm³/mol. The van der Waals surface area contributed by atoms with Gasteiger partial charge in [0.1, 0.15) is 24.8 Å². The van der Waals surface area contributed by atoms with Crippen molar-refractivity contribution in [2.45, 2.75) is 0 Å². The van der Waals surface area contributed by atoms with Gasteiger partial charge in [0.15, 0.2) is 11.5 Å². The zero-order chi connectivity index (χ0) is 19.5. The molecule has 28 heavy (non-hydrogen) atoms. The molecule has 1 aliphatic rings. The molecule has 0 atom stereocenters. The standard InChI is InChI=1S/C20H15BrFN3O3/c21-13-10-17-18(28-9-8-27-17)11-16(13)25-20(26)12-4-3-7-23-19(12)24-15-6-2-1-5-14(15)22/h1-7,10-11H,8-9H2,(H,23,24)(H,25,26). The number of rotatable bonds is 4. The molecule has 1 aliphatic heterocycles. The number of carbonyl (C=O) groups is 1. The van der Waals surface area contributed by atoms with Gasteiger partial charge in [-0.05, 0) is 40.2 Å². The number of hydrogen-bond acceptors (Lipinski definition) is 5. The van der Waals surface area contributed by atoms with Crippen LogP contribution in [0.1, 0.15) is 10.4 Å². The van der Waals surface area contributed by atoms with Crippen molar-refractivity contribution in [3.05, 3.63) is 70.6 Å². The zero-order valence-corrected chi connectivity index (χ0v) is 16.1. The SMILES string of the molecule is O=C(Nc1cc2c(cc1Br)OCCO2)c1cccnc1Nc1ccccc1F. The lowest BCUT2D eigenvalue weighted by molar-refractivity contribution is 0.102. The summed E-state index contributed by atoms with van der Waals surface area (Å²) < 4.78 is 25.7. The Kier molecular flexibility index (Phi) is 5.12. The Bertz CT molecular complexity index is 1040. The Morgan fingerprint density at radius 3 is 2.57 bits per heavy atom. The molecule has 0 bridgehead atoms. The van der Waals surface area contributed by atoms with Crippen molar-refractivity contribution in [3.8, 4) is 11.5 Å². The van der Waals surface area contributed by atoms with E-state index in [0.29, 0.717) is 34.9 Å². The fourth-order valence-electron chi connectivity index (χ4n) is 2.73. The number of fused-ring (bicyclic) bond motifs is 1. The third-order valence-electron chi connectivity index (χ3n) is 4.06. The lowest BCUT2D eigenvalue weighted by atomic mass is 10.2. The Morgan fingerprint density at radius 2 is 1.79 bits per heavy atom. The van der Waals surface area contributed by atoms with Crippen LogP contribution in [0.25, 0.3) is 0 Å². The largest absolute Gasteiger partial charge is 0.486 e. The highest BCUT2D eigenvalue weighted by Crippen LogP contribution is 2.38. The van der Waals surface area contributed by atoms with Crippen molar-refractivity contribution in [3.63, 3.8) is 0 Å². The summed E-state index contributed by atoms with van der Waals surface area (Å²) in [5, 5.41) is 5.69. The number of pyridine rings is 1. The molecule has 3 aromatic rings. The van der Waals surface area contributed by atoms with E-state index in [1.165, 1.54) is 12.3 Å².